The van der Waals surface area contributed by atoms with Crippen LogP contribution in [0.1, 0.15) is 10.4 Å². The Bertz CT molecular complexity index is 819. The molecule has 2 aliphatic rings. The van der Waals surface area contributed by atoms with Gasteiger partial charge < -0.3 is 29.0 Å². The Balaban J connectivity index is 1.70. The van der Waals surface area contributed by atoms with Crippen LogP contribution in [-0.2, 0) is 4.74 Å². The Hall–Kier alpha value is -3.09. The fourth-order valence-corrected chi connectivity index (χ4v) is 2.75. The molecule has 0 spiro atoms. The Morgan fingerprint density at radius 1 is 0.880 bits per heavy atom. The summed E-state index contributed by atoms with van der Waals surface area (Å²) < 4.78 is 27.1. The fourth-order valence-electron chi connectivity index (χ4n) is 2.75. The van der Waals surface area contributed by atoms with E-state index < -0.39 is 5.97 Å². The highest BCUT2D eigenvalue weighted by Crippen LogP contribution is 2.38. The summed E-state index contributed by atoms with van der Waals surface area (Å²) >= 11 is 0. The third-order valence-electron chi connectivity index (χ3n) is 3.91. The number of rotatable bonds is 3. The molecular formula is C18H17NO6. The summed E-state index contributed by atoms with van der Waals surface area (Å²) in [5.41, 5.74) is 1.68. The van der Waals surface area contributed by atoms with Gasteiger partial charge >= 0.3 is 5.97 Å². The van der Waals surface area contributed by atoms with E-state index in [2.05, 4.69) is 5.32 Å². The molecule has 0 aromatic heterocycles. The number of carbonyl (C=O) groups is 1. The molecule has 2 aliphatic heterocycles. The van der Waals surface area contributed by atoms with Gasteiger partial charge in [-0.05, 0) is 12.1 Å². The molecule has 4 rings (SSSR count). The van der Waals surface area contributed by atoms with E-state index in [0.717, 1.165) is 5.69 Å². The van der Waals surface area contributed by atoms with Crippen molar-refractivity contribution >= 4 is 17.3 Å². The molecule has 0 aliphatic carbocycles. The Morgan fingerprint density at radius 3 is 2.16 bits per heavy atom. The zero-order valence-electron chi connectivity index (χ0n) is 13.7. The first-order chi connectivity index (χ1) is 12.2. The number of hydrogen-bond donors (Lipinski definition) is 1. The number of carbonyl (C=O) groups excluding carboxylic acids is 1. The maximum absolute atomic E-state index is 12.1. The molecule has 0 bridgehead atoms. The molecule has 0 fully saturated rings. The van der Waals surface area contributed by atoms with Crippen molar-refractivity contribution in [1.29, 1.82) is 0 Å². The average molecular weight is 343 g/mol. The van der Waals surface area contributed by atoms with Gasteiger partial charge in [0.15, 0.2) is 23.0 Å². The molecule has 25 heavy (non-hydrogen) atoms. The number of esters is 1. The van der Waals surface area contributed by atoms with Crippen molar-refractivity contribution in [2.75, 3.05) is 38.9 Å². The number of hydrogen-bond acceptors (Lipinski definition) is 7. The second-order valence-corrected chi connectivity index (χ2v) is 5.52. The number of fused-ring (bicyclic) bond motifs is 2. The number of methoxy groups -OCH3 is 1. The molecule has 2 aromatic rings. The molecule has 130 valence electrons. The maximum Gasteiger partial charge on any atom is 0.340 e. The summed E-state index contributed by atoms with van der Waals surface area (Å²) in [5, 5.41) is 3.22. The largest absolute Gasteiger partial charge is 0.486 e. The molecule has 7 heteroatoms. The first-order valence-corrected chi connectivity index (χ1v) is 7.93. The van der Waals surface area contributed by atoms with Crippen molar-refractivity contribution in [1.82, 2.24) is 0 Å². The van der Waals surface area contributed by atoms with Gasteiger partial charge in [-0.1, -0.05) is 0 Å². The Morgan fingerprint density at radius 2 is 1.48 bits per heavy atom. The molecule has 0 saturated heterocycles. The fraction of sp³-hybridized carbons (Fsp3) is 0.278. The van der Waals surface area contributed by atoms with Gasteiger partial charge in [0.25, 0.3) is 0 Å². The lowest BCUT2D eigenvalue weighted by Gasteiger charge is -2.22. The SMILES string of the molecule is COC(=O)c1cc2c(cc1Nc1ccc3c(c1)OCCO3)OCCO2. The monoisotopic (exact) mass is 343 g/mol. The van der Waals surface area contributed by atoms with Crippen LogP contribution in [0.4, 0.5) is 11.4 Å². The average Bonchev–Trinajstić information content (AvgIpc) is 2.66. The molecule has 2 heterocycles. The molecule has 0 saturated carbocycles. The quantitative estimate of drug-likeness (QED) is 0.859. The number of ether oxygens (including phenoxy) is 5. The van der Waals surface area contributed by atoms with E-state index in [1.165, 1.54) is 7.11 Å². The molecule has 1 N–H and O–H groups in total. The van der Waals surface area contributed by atoms with Gasteiger partial charge in [0.2, 0.25) is 0 Å². The topological polar surface area (TPSA) is 75.3 Å². The molecule has 7 nitrogen and oxygen atoms in total. The van der Waals surface area contributed by atoms with Crippen LogP contribution in [0.2, 0.25) is 0 Å². The van der Waals surface area contributed by atoms with Crippen molar-refractivity contribution < 1.29 is 28.5 Å². The van der Waals surface area contributed by atoms with Crippen LogP contribution in [0.15, 0.2) is 30.3 Å². The van der Waals surface area contributed by atoms with Crippen LogP contribution in [-0.4, -0.2) is 39.5 Å². The van der Waals surface area contributed by atoms with E-state index >= 15 is 0 Å². The normalized spacial score (nSPS) is 14.6. The van der Waals surface area contributed by atoms with Gasteiger partial charge in [-0.2, -0.15) is 0 Å². The van der Waals surface area contributed by atoms with Gasteiger partial charge in [-0.25, -0.2) is 4.79 Å². The lowest BCUT2D eigenvalue weighted by atomic mass is 10.1. The van der Waals surface area contributed by atoms with E-state index in [4.69, 9.17) is 23.7 Å². The highest BCUT2D eigenvalue weighted by Gasteiger charge is 2.21. The standard InChI is InChI=1S/C18H17NO6/c1-21-18(20)12-9-16-17(25-7-6-24-16)10-13(12)19-11-2-3-14-15(8-11)23-5-4-22-14/h2-3,8-10,19H,4-7H2,1H3. The van der Waals surface area contributed by atoms with Crippen molar-refractivity contribution in [3.8, 4) is 23.0 Å². The predicted molar refractivity (Wildman–Crippen MR) is 89.5 cm³/mol. The van der Waals surface area contributed by atoms with Crippen LogP contribution < -0.4 is 24.3 Å². The minimum atomic E-state index is -0.461. The minimum absolute atomic E-state index is 0.363. The second-order valence-electron chi connectivity index (χ2n) is 5.52. The van der Waals surface area contributed by atoms with Gasteiger partial charge in [-0.3, -0.25) is 0 Å². The van der Waals surface area contributed by atoms with E-state index in [9.17, 15) is 4.79 Å². The van der Waals surface area contributed by atoms with Gasteiger partial charge in [0.05, 0.1) is 18.4 Å². The lowest BCUT2D eigenvalue weighted by Crippen LogP contribution is -2.17. The van der Waals surface area contributed by atoms with E-state index in [1.54, 1.807) is 12.1 Å². The summed E-state index contributed by atoms with van der Waals surface area (Å²) in [7, 11) is 1.34. The van der Waals surface area contributed by atoms with E-state index in [-0.39, 0.29) is 0 Å². The Kier molecular flexibility index (Phi) is 3.97. The highest BCUT2D eigenvalue weighted by molar-refractivity contribution is 5.97. The first-order valence-electron chi connectivity index (χ1n) is 7.93. The highest BCUT2D eigenvalue weighted by atomic mass is 16.6. The molecule has 0 unspecified atom stereocenters. The molecule has 0 radical (unpaired) electrons. The number of nitrogens with one attached hydrogen (secondary N) is 1. The third kappa shape index (κ3) is 3.00. The van der Waals surface area contributed by atoms with E-state index in [1.807, 2.05) is 18.2 Å². The summed E-state index contributed by atoms with van der Waals surface area (Å²) in [6.45, 7) is 1.96. The zero-order valence-corrected chi connectivity index (χ0v) is 13.7. The van der Waals surface area contributed by atoms with Crippen LogP contribution in [0.25, 0.3) is 0 Å². The van der Waals surface area contributed by atoms with E-state index in [0.29, 0.717) is 60.7 Å². The van der Waals surface area contributed by atoms with Gasteiger partial charge in [-0.15, -0.1) is 0 Å². The Labute approximate surface area is 144 Å². The van der Waals surface area contributed by atoms with Gasteiger partial charge in [0, 0.05) is 23.9 Å². The smallest absolute Gasteiger partial charge is 0.340 e. The minimum Gasteiger partial charge on any atom is -0.486 e. The van der Waals surface area contributed by atoms with Crippen molar-refractivity contribution in [3.63, 3.8) is 0 Å². The van der Waals surface area contributed by atoms with Crippen LogP contribution in [0.3, 0.4) is 0 Å². The molecule has 0 amide bonds. The van der Waals surface area contributed by atoms with Crippen molar-refractivity contribution in [3.05, 3.63) is 35.9 Å². The van der Waals surface area contributed by atoms with Crippen LogP contribution in [0.5, 0.6) is 23.0 Å². The van der Waals surface area contributed by atoms with Crippen molar-refractivity contribution in [2.45, 2.75) is 0 Å². The first kappa shape index (κ1) is 15.4. The molecule has 0 atom stereocenters. The van der Waals surface area contributed by atoms with Crippen LogP contribution >= 0.6 is 0 Å². The van der Waals surface area contributed by atoms with Crippen LogP contribution in [0, 0.1) is 0 Å². The molecule has 2 aromatic carbocycles. The molecular weight excluding hydrogens is 326 g/mol. The summed E-state index contributed by atoms with van der Waals surface area (Å²) in [6, 6.07) is 8.86. The van der Waals surface area contributed by atoms with Gasteiger partial charge in [0.1, 0.15) is 26.4 Å². The predicted octanol–water partition coefficient (Wildman–Crippen LogP) is 2.76. The number of anilines is 2. The second kappa shape index (κ2) is 6.43. The third-order valence-corrected chi connectivity index (χ3v) is 3.91. The maximum atomic E-state index is 12.1. The lowest BCUT2D eigenvalue weighted by molar-refractivity contribution is 0.0601. The summed E-state index contributed by atoms with van der Waals surface area (Å²) in [5.74, 6) is 2.01. The summed E-state index contributed by atoms with van der Waals surface area (Å²) in [4.78, 5) is 12.1. The van der Waals surface area contributed by atoms with Crippen molar-refractivity contribution in [2.24, 2.45) is 0 Å². The zero-order chi connectivity index (χ0) is 17.2. The summed E-state index contributed by atoms with van der Waals surface area (Å²) in [6.07, 6.45) is 0. The number of benzene rings is 2.